The number of allylic oxidation sites excluding steroid dienone is 1. The van der Waals surface area contributed by atoms with Crippen molar-refractivity contribution in [2.75, 3.05) is 0 Å². The first-order chi connectivity index (χ1) is 7.58. The van der Waals surface area contributed by atoms with Crippen molar-refractivity contribution < 1.29 is 9.90 Å². The van der Waals surface area contributed by atoms with Gasteiger partial charge in [-0.05, 0) is 42.4 Å². The number of hydrogen-bond donors (Lipinski definition) is 1. The fourth-order valence-corrected chi connectivity index (χ4v) is 2.36. The topological polar surface area (TPSA) is 37.3 Å². The van der Waals surface area contributed by atoms with E-state index in [-0.39, 0.29) is 0 Å². The van der Waals surface area contributed by atoms with Crippen molar-refractivity contribution in [1.29, 1.82) is 0 Å². The van der Waals surface area contributed by atoms with Gasteiger partial charge in [0.1, 0.15) is 0 Å². The zero-order valence-electron chi connectivity index (χ0n) is 9.66. The van der Waals surface area contributed by atoms with Gasteiger partial charge in [0.2, 0.25) is 0 Å². The molecular formula is C14H16O2. The third-order valence-corrected chi connectivity index (χ3v) is 3.23. The average Bonchev–Trinajstić information content (AvgIpc) is 2.22. The zero-order valence-corrected chi connectivity index (χ0v) is 9.66. The third kappa shape index (κ3) is 2.01. The normalized spacial score (nSPS) is 21.9. The minimum Gasteiger partial charge on any atom is -0.478 e. The second kappa shape index (κ2) is 4.12. The molecule has 1 aromatic rings. The first-order valence-corrected chi connectivity index (χ1v) is 5.62. The molecule has 1 unspecified atom stereocenters. The highest BCUT2D eigenvalue weighted by Gasteiger charge is 2.21. The Morgan fingerprint density at radius 2 is 2.25 bits per heavy atom. The Hall–Kier alpha value is -1.57. The molecule has 1 atom stereocenters. The van der Waals surface area contributed by atoms with Crippen molar-refractivity contribution in [2.24, 2.45) is 5.92 Å². The summed E-state index contributed by atoms with van der Waals surface area (Å²) in [6, 6.07) is 6.26. The Kier molecular flexibility index (Phi) is 2.82. The van der Waals surface area contributed by atoms with Gasteiger partial charge in [0.05, 0.1) is 0 Å². The lowest BCUT2D eigenvalue weighted by atomic mass is 9.80. The van der Waals surface area contributed by atoms with Crippen molar-refractivity contribution in [1.82, 2.24) is 0 Å². The van der Waals surface area contributed by atoms with Crippen LogP contribution in [0.2, 0.25) is 0 Å². The molecule has 0 spiro atoms. The number of carboxylic acid groups (broad SMARTS) is 1. The monoisotopic (exact) mass is 216 g/mol. The lowest BCUT2D eigenvalue weighted by Crippen LogP contribution is -2.12. The molecule has 0 amide bonds. The second-order valence-electron chi connectivity index (χ2n) is 4.54. The molecule has 1 aliphatic carbocycles. The number of carbonyl (C=O) groups is 1. The highest BCUT2D eigenvalue weighted by Crippen LogP contribution is 2.35. The SMILES string of the molecule is Cc1ccc2c(c1)CCC(C)/C2=C\C(=O)O. The van der Waals surface area contributed by atoms with Gasteiger partial charge < -0.3 is 5.11 Å². The van der Waals surface area contributed by atoms with Crippen LogP contribution in [0.3, 0.4) is 0 Å². The predicted molar refractivity (Wildman–Crippen MR) is 64.3 cm³/mol. The van der Waals surface area contributed by atoms with Crippen LogP contribution in [0.4, 0.5) is 0 Å². The second-order valence-corrected chi connectivity index (χ2v) is 4.54. The molecule has 1 aromatic carbocycles. The first kappa shape index (κ1) is 10.9. The number of aryl methyl sites for hydroxylation is 2. The maximum Gasteiger partial charge on any atom is 0.328 e. The van der Waals surface area contributed by atoms with Crippen LogP contribution in [0, 0.1) is 12.8 Å². The van der Waals surface area contributed by atoms with Crippen LogP contribution >= 0.6 is 0 Å². The molecule has 2 heteroatoms. The van der Waals surface area contributed by atoms with E-state index in [1.54, 1.807) is 0 Å². The molecule has 0 fully saturated rings. The van der Waals surface area contributed by atoms with Crippen LogP contribution in [0.5, 0.6) is 0 Å². The van der Waals surface area contributed by atoms with Crippen LogP contribution in [-0.2, 0) is 11.2 Å². The molecule has 0 aliphatic heterocycles. The summed E-state index contributed by atoms with van der Waals surface area (Å²) < 4.78 is 0. The fraction of sp³-hybridized carbons (Fsp3) is 0.357. The maximum atomic E-state index is 10.8. The molecule has 0 aromatic heterocycles. The molecule has 0 saturated heterocycles. The summed E-state index contributed by atoms with van der Waals surface area (Å²) in [5, 5.41) is 8.89. The molecule has 2 nitrogen and oxygen atoms in total. The molecule has 1 N–H and O–H groups in total. The van der Waals surface area contributed by atoms with Gasteiger partial charge in [-0.3, -0.25) is 0 Å². The van der Waals surface area contributed by atoms with Crippen molar-refractivity contribution in [3.05, 3.63) is 41.0 Å². The van der Waals surface area contributed by atoms with E-state index in [4.69, 9.17) is 5.11 Å². The number of fused-ring (bicyclic) bond motifs is 1. The quantitative estimate of drug-likeness (QED) is 0.732. The van der Waals surface area contributed by atoms with Gasteiger partial charge in [0.25, 0.3) is 0 Å². The average molecular weight is 216 g/mol. The first-order valence-electron chi connectivity index (χ1n) is 5.62. The number of carboxylic acids is 1. The fourth-order valence-electron chi connectivity index (χ4n) is 2.36. The summed E-state index contributed by atoms with van der Waals surface area (Å²) >= 11 is 0. The van der Waals surface area contributed by atoms with E-state index in [0.29, 0.717) is 5.92 Å². The zero-order chi connectivity index (χ0) is 11.7. The van der Waals surface area contributed by atoms with Crippen LogP contribution in [-0.4, -0.2) is 11.1 Å². The number of rotatable bonds is 1. The van der Waals surface area contributed by atoms with E-state index in [1.165, 1.54) is 17.2 Å². The summed E-state index contributed by atoms with van der Waals surface area (Å²) in [5.41, 5.74) is 4.61. The minimum atomic E-state index is -0.852. The summed E-state index contributed by atoms with van der Waals surface area (Å²) in [6.45, 7) is 4.16. The van der Waals surface area contributed by atoms with Crippen LogP contribution in [0.1, 0.15) is 30.0 Å². The highest BCUT2D eigenvalue weighted by atomic mass is 16.4. The van der Waals surface area contributed by atoms with Crippen molar-refractivity contribution >= 4 is 11.5 Å². The summed E-state index contributed by atoms with van der Waals surface area (Å²) in [7, 11) is 0. The predicted octanol–water partition coefficient (Wildman–Crippen LogP) is 3.05. The lowest BCUT2D eigenvalue weighted by molar-refractivity contribution is -0.131. The van der Waals surface area contributed by atoms with Crippen LogP contribution in [0.15, 0.2) is 24.3 Å². The lowest BCUT2D eigenvalue weighted by Gasteiger charge is -2.25. The van der Waals surface area contributed by atoms with E-state index >= 15 is 0 Å². The van der Waals surface area contributed by atoms with Gasteiger partial charge in [0, 0.05) is 6.08 Å². The smallest absolute Gasteiger partial charge is 0.328 e. The Morgan fingerprint density at radius 3 is 2.94 bits per heavy atom. The molecule has 0 bridgehead atoms. The van der Waals surface area contributed by atoms with Crippen molar-refractivity contribution in [3.63, 3.8) is 0 Å². The standard InChI is InChI=1S/C14H16O2/c1-9-3-6-12-11(7-9)5-4-10(2)13(12)8-14(15)16/h3,6-8,10H,4-5H2,1-2H3,(H,15,16)/b13-8+. The van der Waals surface area contributed by atoms with E-state index < -0.39 is 5.97 Å². The van der Waals surface area contributed by atoms with Gasteiger partial charge in [-0.25, -0.2) is 4.79 Å². The van der Waals surface area contributed by atoms with Gasteiger partial charge in [-0.15, -0.1) is 0 Å². The third-order valence-electron chi connectivity index (χ3n) is 3.23. The molecule has 0 radical (unpaired) electrons. The Balaban J connectivity index is 2.52. The van der Waals surface area contributed by atoms with Crippen molar-refractivity contribution in [3.8, 4) is 0 Å². The number of aliphatic carboxylic acids is 1. The van der Waals surface area contributed by atoms with E-state index in [9.17, 15) is 4.79 Å². The van der Waals surface area contributed by atoms with E-state index in [1.807, 2.05) is 6.07 Å². The molecular weight excluding hydrogens is 200 g/mol. The number of benzene rings is 1. The molecule has 84 valence electrons. The highest BCUT2D eigenvalue weighted by molar-refractivity contribution is 5.91. The largest absolute Gasteiger partial charge is 0.478 e. The Bertz CT molecular complexity index is 458. The molecule has 0 saturated carbocycles. The molecule has 0 heterocycles. The molecule has 1 aliphatic rings. The maximum absolute atomic E-state index is 10.8. The van der Waals surface area contributed by atoms with Crippen LogP contribution < -0.4 is 0 Å². The van der Waals surface area contributed by atoms with E-state index in [2.05, 4.69) is 26.0 Å². The van der Waals surface area contributed by atoms with E-state index in [0.717, 1.165) is 24.0 Å². The van der Waals surface area contributed by atoms with Gasteiger partial charge in [0.15, 0.2) is 0 Å². The molecule has 16 heavy (non-hydrogen) atoms. The minimum absolute atomic E-state index is 0.339. The summed E-state index contributed by atoms with van der Waals surface area (Å²) in [5.74, 6) is -0.512. The van der Waals surface area contributed by atoms with Gasteiger partial charge in [-0.2, -0.15) is 0 Å². The Labute approximate surface area is 95.6 Å². The summed E-state index contributed by atoms with van der Waals surface area (Å²) in [4.78, 5) is 10.8. The van der Waals surface area contributed by atoms with Crippen molar-refractivity contribution in [2.45, 2.75) is 26.7 Å². The number of hydrogen-bond acceptors (Lipinski definition) is 1. The molecule has 2 rings (SSSR count). The van der Waals surface area contributed by atoms with Gasteiger partial charge >= 0.3 is 5.97 Å². The summed E-state index contributed by atoms with van der Waals surface area (Å²) in [6.07, 6.45) is 3.45. The Morgan fingerprint density at radius 1 is 1.50 bits per heavy atom. The van der Waals surface area contributed by atoms with Crippen LogP contribution in [0.25, 0.3) is 5.57 Å². The van der Waals surface area contributed by atoms with Gasteiger partial charge in [-0.1, -0.05) is 30.7 Å².